The Morgan fingerprint density at radius 1 is 1.50 bits per heavy atom. The highest BCUT2D eigenvalue weighted by atomic mass is 16.2. The summed E-state index contributed by atoms with van der Waals surface area (Å²) < 4.78 is 0. The first-order chi connectivity index (χ1) is 7.54. The van der Waals surface area contributed by atoms with Crippen LogP contribution in [0.15, 0.2) is 0 Å². The van der Waals surface area contributed by atoms with Crippen molar-refractivity contribution in [1.29, 1.82) is 0 Å². The van der Waals surface area contributed by atoms with Crippen molar-refractivity contribution < 1.29 is 4.79 Å². The standard InChI is InChI=1S/C12H25N3O/c1-4-5-11(13)8-12(16)15-7-6-14(3)9-10(15)2/h10-11H,4-9,13H2,1-3H3. The molecule has 0 saturated carbocycles. The van der Waals surface area contributed by atoms with Crippen molar-refractivity contribution in [3.05, 3.63) is 0 Å². The fourth-order valence-corrected chi connectivity index (χ4v) is 2.32. The molecule has 1 heterocycles. The topological polar surface area (TPSA) is 49.6 Å². The normalized spacial score (nSPS) is 24.5. The van der Waals surface area contributed by atoms with Crippen LogP contribution in [-0.4, -0.2) is 54.5 Å². The molecular formula is C12H25N3O. The van der Waals surface area contributed by atoms with E-state index in [-0.39, 0.29) is 11.9 Å². The van der Waals surface area contributed by atoms with Crippen molar-refractivity contribution in [2.75, 3.05) is 26.7 Å². The Morgan fingerprint density at radius 3 is 2.75 bits per heavy atom. The Hall–Kier alpha value is -0.610. The van der Waals surface area contributed by atoms with E-state index in [1.807, 2.05) is 4.90 Å². The fourth-order valence-electron chi connectivity index (χ4n) is 2.32. The molecule has 16 heavy (non-hydrogen) atoms. The smallest absolute Gasteiger partial charge is 0.224 e. The van der Waals surface area contributed by atoms with Gasteiger partial charge < -0.3 is 15.5 Å². The summed E-state index contributed by atoms with van der Waals surface area (Å²) in [5, 5.41) is 0. The Balaban J connectivity index is 2.41. The lowest BCUT2D eigenvalue weighted by molar-refractivity contribution is -0.135. The van der Waals surface area contributed by atoms with E-state index in [1.165, 1.54) is 0 Å². The molecule has 0 aromatic rings. The molecule has 1 aliphatic heterocycles. The number of nitrogens with zero attached hydrogens (tertiary/aromatic N) is 2. The summed E-state index contributed by atoms with van der Waals surface area (Å²) in [6, 6.07) is 0.351. The summed E-state index contributed by atoms with van der Waals surface area (Å²) in [5.41, 5.74) is 5.91. The predicted molar refractivity (Wildman–Crippen MR) is 66.2 cm³/mol. The molecule has 4 heteroatoms. The van der Waals surface area contributed by atoms with Crippen molar-refractivity contribution in [2.45, 2.75) is 45.2 Å². The van der Waals surface area contributed by atoms with E-state index >= 15 is 0 Å². The quantitative estimate of drug-likeness (QED) is 0.768. The van der Waals surface area contributed by atoms with Crippen LogP contribution in [-0.2, 0) is 4.79 Å². The third-order valence-corrected chi connectivity index (χ3v) is 3.25. The predicted octanol–water partition coefficient (Wildman–Crippen LogP) is 0.666. The summed E-state index contributed by atoms with van der Waals surface area (Å²) in [6.45, 7) is 6.99. The molecule has 0 aromatic heterocycles. The molecule has 4 nitrogen and oxygen atoms in total. The lowest BCUT2D eigenvalue weighted by Gasteiger charge is -2.38. The molecule has 1 saturated heterocycles. The van der Waals surface area contributed by atoms with Gasteiger partial charge in [0.25, 0.3) is 0 Å². The van der Waals surface area contributed by atoms with Crippen LogP contribution in [0.5, 0.6) is 0 Å². The number of amides is 1. The minimum absolute atomic E-state index is 0.0318. The van der Waals surface area contributed by atoms with E-state index in [2.05, 4.69) is 25.8 Å². The molecule has 1 fully saturated rings. The SMILES string of the molecule is CCCC(N)CC(=O)N1CCN(C)CC1C. The number of hydrogen-bond acceptors (Lipinski definition) is 3. The van der Waals surface area contributed by atoms with E-state index in [4.69, 9.17) is 5.73 Å². The second-order valence-electron chi connectivity index (χ2n) is 4.95. The van der Waals surface area contributed by atoms with Gasteiger partial charge in [0.05, 0.1) is 0 Å². The van der Waals surface area contributed by atoms with Crippen LogP contribution in [0.25, 0.3) is 0 Å². The largest absolute Gasteiger partial charge is 0.337 e. The molecule has 0 aliphatic carbocycles. The molecule has 2 atom stereocenters. The van der Waals surface area contributed by atoms with E-state index in [9.17, 15) is 4.79 Å². The molecular weight excluding hydrogens is 202 g/mol. The number of carbonyl (C=O) groups is 1. The zero-order chi connectivity index (χ0) is 12.1. The fraction of sp³-hybridized carbons (Fsp3) is 0.917. The monoisotopic (exact) mass is 227 g/mol. The van der Waals surface area contributed by atoms with Crippen LogP contribution in [0.1, 0.15) is 33.1 Å². The Labute approximate surface area is 98.8 Å². The average Bonchev–Trinajstić information content (AvgIpc) is 2.17. The van der Waals surface area contributed by atoms with E-state index < -0.39 is 0 Å². The summed E-state index contributed by atoms with van der Waals surface area (Å²) >= 11 is 0. The number of rotatable bonds is 4. The van der Waals surface area contributed by atoms with E-state index in [0.29, 0.717) is 12.5 Å². The highest BCUT2D eigenvalue weighted by Crippen LogP contribution is 2.11. The van der Waals surface area contributed by atoms with Crippen molar-refractivity contribution in [3.8, 4) is 0 Å². The van der Waals surface area contributed by atoms with Gasteiger partial charge in [0.2, 0.25) is 5.91 Å². The number of carbonyl (C=O) groups excluding carboxylic acids is 1. The summed E-state index contributed by atoms with van der Waals surface area (Å²) in [6.07, 6.45) is 2.49. The number of hydrogen-bond donors (Lipinski definition) is 1. The Kier molecular flexibility index (Phi) is 5.22. The van der Waals surface area contributed by atoms with Gasteiger partial charge in [0.1, 0.15) is 0 Å². The molecule has 0 bridgehead atoms. The van der Waals surface area contributed by atoms with Crippen molar-refractivity contribution in [3.63, 3.8) is 0 Å². The van der Waals surface area contributed by atoms with Gasteiger partial charge in [-0.1, -0.05) is 13.3 Å². The van der Waals surface area contributed by atoms with E-state index in [1.54, 1.807) is 0 Å². The van der Waals surface area contributed by atoms with Gasteiger partial charge in [-0.05, 0) is 20.4 Å². The van der Waals surface area contributed by atoms with Crippen molar-refractivity contribution in [2.24, 2.45) is 5.73 Å². The van der Waals surface area contributed by atoms with Crippen LogP contribution >= 0.6 is 0 Å². The van der Waals surface area contributed by atoms with Gasteiger partial charge in [-0.3, -0.25) is 4.79 Å². The van der Waals surface area contributed by atoms with Crippen molar-refractivity contribution in [1.82, 2.24) is 9.80 Å². The van der Waals surface area contributed by atoms with Crippen LogP contribution in [0.4, 0.5) is 0 Å². The average molecular weight is 227 g/mol. The second-order valence-corrected chi connectivity index (χ2v) is 4.95. The highest BCUT2D eigenvalue weighted by Gasteiger charge is 2.26. The second kappa shape index (κ2) is 6.21. The van der Waals surface area contributed by atoms with Crippen LogP contribution < -0.4 is 5.73 Å². The third kappa shape index (κ3) is 3.76. The summed E-state index contributed by atoms with van der Waals surface area (Å²) in [7, 11) is 2.10. The van der Waals surface area contributed by atoms with Gasteiger partial charge >= 0.3 is 0 Å². The minimum Gasteiger partial charge on any atom is -0.337 e. The molecule has 1 aliphatic rings. The minimum atomic E-state index is 0.0318. The Morgan fingerprint density at radius 2 is 2.19 bits per heavy atom. The van der Waals surface area contributed by atoms with Gasteiger partial charge in [-0.25, -0.2) is 0 Å². The summed E-state index contributed by atoms with van der Waals surface area (Å²) in [5.74, 6) is 0.224. The maximum absolute atomic E-state index is 12.0. The van der Waals surface area contributed by atoms with Crippen molar-refractivity contribution >= 4 is 5.91 Å². The lowest BCUT2D eigenvalue weighted by Crippen LogP contribution is -2.53. The van der Waals surface area contributed by atoms with Crippen LogP contribution in [0, 0.1) is 0 Å². The highest BCUT2D eigenvalue weighted by molar-refractivity contribution is 5.77. The van der Waals surface area contributed by atoms with Gasteiger partial charge in [-0.2, -0.15) is 0 Å². The van der Waals surface area contributed by atoms with Gasteiger partial charge in [0.15, 0.2) is 0 Å². The van der Waals surface area contributed by atoms with Gasteiger partial charge in [0, 0.05) is 38.1 Å². The first kappa shape index (κ1) is 13.5. The number of likely N-dealkylation sites (N-methyl/N-ethyl adjacent to an activating group) is 1. The summed E-state index contributed by atoms with van der Waals surface area (Å²) in [4.78, 5) is 16.3. The maximum atomic E-state index is 12.0. The van der Waals surface area contributed by atoms with E-state index in [0.717, 1.165) is 32.5 Å². The molecule has 2 N–H and O–H groups in total. The van der Waals surface area contributed by atoms with Crippen LogP contribution in [0.3, 0.4) is 0 Å². The maximum Gasteiger partial charge on any atom is 0.224 e. The lowest BCUT2D eigenvalue weighted by atomic mass is 10.1. The first-order valence-corrected chi connectivity index (χ1v) is 6.28. The molecule has 0 aromatic carbocycles. The zero-order valence-electron chi connectivity index (χ0n) is 10.8. The zero-order valence-corrected chi connectivity index (χ0v) is 10.8. The molecule has 1 amide bonds. The number of nitrogens with two attached hydrogens (primary N) is 1. The molecule has 0 radical (unpaired) electrons. The molecule has 2 unspecified atom stereocenters. The Bertz CT molecular complexity index is 232. The third-order valence-electron chi connectivity index (χ3n) is 3.25. The first-order valence-electron chi connectivity index (χ1n) is 6.28. The van der Waals surface area contributed by atoms with Gasteiger partial charge in [-0.15, -0.1) is 0 Å². The molecule has 94 valence electrons. The molecule has 0 spiro atoms. The molecule has 1 rings (SSSR count). The number of piperazine rings is 1. The van der Waals surface area contributed by atoms with Crippen LogP contribution in [0.2, 0.25) is 0 Å².